The van der Waals surface area contributed by atoms with E-state index in [4.69, 9.17) is 45.1 Å². The third-order valence-corrected chi connectivity index (χ3v) is 2.16. The van der Waals surface area contributed by atoms with Crippen molar-refractivity contribution in [2.24, 2.45) is 0 Å². The maximum Gasteiger partial charge on any atom is 0.414 e. The van der Waals surface area contributed by atoms with Gasteiger partial charge in [0.2, 0.25) is 3.79 Å². The largest absolute Gasteiger partial charge is 0.445 e. The summed E-state index contributed by atoms with van der Waals surface area (Å²) in [6.45, 7) is 3.36. The number of allylic oxidation sites excluding steroid dienone is 1. The number of hydrogen-bond donors (Lipinski definition) is 0. The fourth-order valence-corrected chi connectivity index (χ4v) is 1.41. The molecule has 0 aromatic rings. The van der Waals surface area contributed by atoms with Crippen LogP contribution in [0.1, 0.15) is 13.8 Å². The summed E-state index contributed by atoms with van der Waals surface area (Å²) >= 11 is 16.9. The van der Waals surface area contributed by atoms with E-state index < -0.39 is 15.9 Å². The molecule has 0 heterocycles. The van der Waals surface area contributed by atoms with Gasteiger partial charge in [0.05, 0.1) is 0 Å². The molecular weight excluding hydrogens is 262 g/mol. The van der Waals surface area contributed by atoms with E-state index >= 15 is 0 Å². The molecular formula is C8H9Cl3N2O2. The van der Waals surface area contributed by atoms with E-state index in [1.54, 1.807) is 19.9 Å². The number of esters is 1. The first kappa shape index (κ1) is 14.5. The Morgan fingerprint density at radius 1 is 1.53 bits per heavy atom. The number of halogens is 3. The minimum Gasteiger partial charge on any atom is -0.445 e. The van der Waals surface area contributed by atoms with Crippen LogP contribution in [0.25, 0.3) is 5.53 Å². The molecule has 0 aromatic carbocycles. The van der Waals surface area contributed by atoms with Crippen LogP contribution in [-0.4, -0.2) is 26.9 Å². The molecule has 1 atom stereocenters. The zero-order chi connectivity index (χ0) is 12.1. The molecule has 0 N–H and O–H groups in total. The van der Waals surface area contributed by atoms with Gasteiger partial charge >= 0.3 is 12.2 Å². The Kier molecular flexibility index (Phi) is 5.91. The molecule has 0 spiro atoms. The van der Waals surface area contributed by atoms with Gasteiger partial charge in [-0.3, -0.25) is 0 Å². The normalized spacial score (nSPS) is 14.1. The Labute approximate surface area is 102 Å². The lowest BCUT2D eigenvalue weighted by Gasteiger charge is -2.23. The molecule has 15 heavy (non-hydrogen) atoms. The molecule has 0 aliphatic heterocycles. The minimum atomic E-state index is -1.77. The predicted molar refractivity (Wildman–Crippen MR) is 59.3 cm³/mol. The second-order valence-electron chi connectivity index (χ2n) is 2.64. The maximum atomic E-state index is 11.0. The van der Waals surface area contributed by atoms with Gasteiger partial charge in [-0.05, 0) is 19.4 Å². The highest BCUT2D eigenvalue weighted by Gasteiger charge is 2.37. The summed E-state index contributed by atoms with van der Waals surface area (Å²) in [6.07, 6.45) is 1.21. The second kappa shape index (κ2) is 6.13. The summed E-state index contributed by atoms with van der Waals surface area (Å²) in [4.78, 5) is 13.5. The standard InChI is InChI=1S/C8H9Cl3N2O2/c1-3-5(2)7(8(9,10)11)15-6(14)4-13-12/h3-4,7H,1-2H3/t7-/m1/s1. The number of carbonyl (C=O) groups excluding carboxylic acids is 1. The van der Waals surface area contributed by atoms with Crippen LogP contribution in [-0.2, 0) is 9.53 Å². The molecule has 4 nitrogen and oxygen atoms in total. The molecule has 0 aromatic heterocycles. The lowest BCUT2D eigenvalue weighted by Crippen LogP contribution is -2.32. The van der Waals surface area contributed by atoms with Crippen LogP contribution < -0.4 is 0 Å². The Hall–Kier alpha value is -0.540. The van der Waals surface area contributed by atoms with Crippen molar-refractivity contribution in [3.8, 4) is 0 Å². The summed E-state index contributed by atoms with van der Waals surface area (Å²) < 4.78 is 3.03. The van der Waals surface area contributed by atoms with Crippen molar-refractivity contribution in [2.45, 2.75) is 23.7 Å². The van der Waals surface area contributed by atoms with Crippen LogP contribution in [0.4, 0.5) is 0 Å². The number of alkyl halides is 3. The maximum absolute atomic E-state index is 11.0. The summed E-state index contributed by atoms with van der Waals surface area (Å²) in [7, 11) is 0. The fourth-order valence-electron chi connectivity index (χ4n) is 0.763. The van der Waals surface area contributed by atoms with Crippen LogP contribution in [0.3, 0.4) is 0 Å². The van der Waals surface area contributed by atoms with E-state index in [2.05, 4.69) is 4.79 Å². The van der Waals surface area contributed by atoms with E-state index in [9.17, 15) is 4.79 Å². The minimum absolute atomic E-state index is 0.576. The van der Waals surface area contributed by atoms with Crippen molar-refractivity contribution < 1.29 is 14.3 Å². The highest BCUT2D eigenvalue weighted by molar-refractivity contribution is 6.68. The van der Waals surface area contributed by atoms with Gasteiger partial charge in [0.15, 0.2) is 6.10 Å². The Morgan fingerprint density at radius 2 is 2.07 bits per heavy atom. The monoisotopic (exact) mass is 270 g/mol. The first-order chi connectivity index (χ1) is 6.82. The lowest BCUT2D eigenvalue weighted by molar-refractivity contribution is -0.142. The number of nitrogens with zero attached hydrogens (tertiary/aromatic N) is 2. The molecule has 0 unspecified atom stereocenters. The van der Waals surface area contributed by atoms with Crippen molar-refractivity contribution in [3.05, 3.63) is 17.2 Å². The second-order valence-corrected chi connectivity index (χ2v) is 5.00. The van der Waals surface area contributed by atoms with E-state index in [0.717, 1.165) is 0 Å². The highest BCUT2D eigenvalue weighted by atomic mass is 35.6. The summed E-state index contributed by atoms with van der Waals surface area (Å²) in [6, 6.07) is 0. The molecule has 84 valence electrons. The molecule has 0 amide bonds. The van der Waals surface area contributed by atoms with Gasteiger partial charge in [0.1, 0.15) is 0 Å². The summed E-state index contributed by atoms with van der Waals surface area (Å²) in [5.41, 5.74) is 8.68. The van der Waals surface area contributed by atoms with E-state index in [1.807, 2.05) is 0 Å². The first-order valence-corrected chi connectivity index (χ1v) is 5.04. The van der Waals surface area contributed by atoms with Crippen molar-refractivity contribution in [2.75, 3.05) is 0 Å². The average Bonchev–Trinajstić information content (AvgIpc) is 2.12. The molecule has 0 saturated heterocycles. The van der Waals surface area contributed by atoms with E-state index in [1.165, 1.54) is 0 Å². The van der Waals surface area contributed by atoms with Crippen LogP contribution in [0.5, 0.6) is 0 Å². The molecule has 0 bridgehead atoms. The zero-order valence-corrected chi connectivity index (χ0v) is 10.3. The van der Waals surface area contributed by atoms with Crippen LogP contribution in [0.15, 0.2) is 11.6 Å². The molecule has 0 saturated carbocycles. The molecule has 0 rings (SSSR count). The molecule has 0 radical (unpaired) electrons. The Morgan fingerprint density at radius 3 is 2.40 bits per heavy atom. The average molecular weight is 272 g/mol. The molecule has 0 aliphatic carbocycles. The molecule has 0 aliphatic rings. The number of hydrogen-bond acceptors (Lipinski definition) is 2. The smallest absolute Gasteiger partial charge is 0.414 e. The number of ether oxygens (including phenoxy) is 1. The van der Waals surface area contributed by atoms with Gasteiger partial charge in [-0.1, -0.05) is 40.9 Å². The SMILES string of the molecule is CC=C(C)[C@@H](OC(=O)C=[N+]=[N-])C(Cl)(Cl)Cl. The highest BCUT2D eigenvalue weighted by Crippen LogP contribution is 2.35. The quantitative estimate of drug-likeness (QED) is 0.198. The van der Waals surface area contributed by atoms with Crippen molar-refractivity contribution in [1.29, 1.82) is 0 Å². The Balaban J connectivity index is 4.83. The molecule has 0 fully saturated rings. The van der Waals surface area contributed by atoms with Gasteiger partial charge in [0, 0.05) is 0 Å². The third-order valence-electron chi connectivity index (χ3n) is 1.56. The fraction of sp³-hybridized carbons (Fsp3) is 0.500. The van der Waals surface area contributed by atoms with Gasteiger partial charge in [-0.25, -0.2) is 4.79 Å². The predicted octanol–water partition coefficient (Wildman–Crippen LogP) is 2.54. The van der Waals surface area contributed by atoms with Gasteiger partial charge in [-0.15, -0.1) is 0 Å². The Bertz CT molecular complexity index is 316. The zero-order valence-electron chi connectivity index (χ0n) is 8.08. The van der Waals surface area contributed by atoms with Crippen LogP contribution >= 0.6 is 34.8 Å². The van der Waals surface area contributed by atoms with Gasteiger partial charge < -0.3 is 10.3 Å². The van der Waals surface area contributed by atoms with Crippen LogP contribution in [0.2, 0.25) is 0 Å². The number of carbonyl (C=O) groups is 1. The summed E-state index contributed by atoms with van der Waals surface area (Å²) in [5.74, 6) is -0.893. The van der Waals surface area contributed by atoms with Gasteiger partial charge in [0.25, 0.3) is 0 Å². The van der Waals surface area contributed by atoms with E-state index in [0.29, 0.717) is 11.8 Å². The number of rotatable bonds is 3. The van der Waals surface area contributed by atoms with Gasteiger partial charge in [-0.2, -0.15) is 4.79 Å². The van der Waals surface area contributed by atoms with Crippen LogP contribution in [0, 0.1) is 0 Å². The first-order valence-electron chi connectivity index (χ1n) is 3.90. The van der Waals surface area contributed by atoms with Crippen molar-refractivity contribution in [1.82, 2.24) is 0 Å². The van der Waals surface area contributed by atoms with Crippen molar-refractivity contribution >= 4 is 47.0 Å². The topological polar surface area (TPSA) is 62.7 Å². The lowest BCUT2D eigenvalue weighted by atomic mass is 10.2. The van der Waals surface area contributed by atoms with E-state index in [-0.39, 0.29) is 0 Å². The van der Waals surface area contributed by atoms with Crippen molar-refractivity contribution in [3.63, 3.8) is 0 Å². The third kappa shape index (κ3) is 5.19. The molecule has 7 heteroatoms. The summed E-state index contributed by atoms with van der Waals surface area (Å²) in [5, 5.41) is 0.